The molecule has 1 saturated heterocycles. The van der Waals surface area contributed by atoms with Gasteiger partial charge in [0.05, 0.1) is 18.1 Å². The van der Waals surface area contributed by atoms with E-state index in [2.05, 4.69) is 46.1 Å². The number of benzene rings is 1. The summed E-state index contributed by atoms with van der Waals surface area (Å²) in [5.41, 5.74) is 3.30. The van der Waals surface area contributed by atoms with Crippen molar-refractivity contribution in [3.8, 4) is 11.3 Å². The highest BCUT2D eigenvalue weighted by Crippen LogP contribution is 2.26. The minimum absolute atomic E-state index is 0.425. The van der Waals surface area contributed by atoms with E-state index < -0.39 is 0 Å². The zero-order valence-corrected chi connectivity index (χ0v) is 13.1. The summed E-state index contributed by atoms with van der Waals surface area (Å²) in [5, 5.41) is 0.425. The summed E-state index contributed by atoms with van der Waals surface area (Å²) in [4.78, 5) is 11.0. The van der Waals surface area contributed by atoms with E-state index in [4.69, 9.17) is 11.6 Å². The molecular weight excluding hydrogens is 282 g/mol. The molecule has 110 valence electrons. The molecule has 1 aliphatic heterocycles. The van der Waals surface area contributed by atoms with Crippen molar-refractivity contribution in [3.05, 3.63) is 47.4 Å². The maximum absolute atomic E-state index is 5.77. The molecule has 1 aromatic heterocycles. The van der Waals surface area contributed by atoms with Crippen LogP contribution in [-0.4, -0.2) is 28.0 Å². The zero-order chi connectivity index (χ0) is 14.7. The molecule has 3 rings (SSSR count). The number of likely N-dealkylation sites (tertiary alicyclic amines) is 1. The number of hydrogen-bond donors (Lipinski definition) is 0. The van der Waals surface area contributed by atoms with Gasteiger partial charge in [-0.2, -0.15) is 0 Å². The Bertz CT molecular complexity index is 574. The summed E-state index contributed by atoms with van der Waals surface area (Å²) in [6.45, 7) is 4.72. The molecule has 1 fully saturated rings. The van der Waals surface area contributed by atoms with E-state index in [1.54, 1.807) is 12.4 Å². The van der Waals surface area contributed by atoms with Crippen LogP contribution in [0.1, 0.15) is 37.8 Å². The molecule has 0 saturated carbocycles. The van der Waals surface area contributed by atoms with Crippen LogP contribution in [0.4, 0.5) is 0 Å². The Hall–Kier alpha value is -1.45. The summed E-state index contributed by atoms with van der Waals surface area (Å²) < 4.78 is 0. The number of halogens is 1. The van der Waals surface area contributed by atoms with Crippen molar-refractivity contribution in [1.29, 1.82) is 0 Å². The van der Waals surface area contributed by atoms with Gasteiger partial charge in [0, 0.05) is 11.6 Å². The SMILES string of the molecule is CC(c1ccc(-c2cnc(Cl)cn2)cc1)N1CCCCC1. The molecule has 0 spiro atoms. The fourth-order valence-corrected chi connectivity index (χ4v) is 3.01. The van der Waals surface area contributed by atoms with Crippen LogP contribution in [-0.2, 0) is 0 Å². The number of nitrogens with zero attached hydrogens (tertiary/aromatic N) is 3. The first-order chi connectivity index (χ1) is 10.2. The fraction of sp³-hybridized carbons (Fsp3) is 0.412. The van der Waals surface area contributed by atoms with Gasteiger partial charge < -0.3 is 0 Å². The molecular formula is C17H20ClN3. The smallest absolute Gasteiger partial charge is 0.147 e. The van der Waals surface area contributed by atoms with E-state index in [9.17, 15) is 0 Å². The van der Waals surface area contributed by atoms with Gasteiger partial charge in [-0.1, -0.05) is 42.3 Å². The summed E-state index contributed by atoms with van der Waals surface area (Å²) in [6, 6.07) is 9.12. The van der Waals surface area contributed by atoms with Gasteiger partial charge in [-0.25, -0.2) is 4.98 Å². The van der Waals surface area contributed by atoms with Crippen LogP contribution in [0.3, 0.4) is 0 Å². The molecule has 1 aliphatic rings. The number of hydrogen-bond acceptors (Lipinski definition) is 3. The second kappa shape index (κ2) is 6.54. The highest BCUT2D eigenvalue weighted by atomic mass is 35.5. The first kappa shape index (κ1) is 14.5. The largest absolute Gasteiger partial charge is 0.297 e. The molecule has 1 aromatic carbocycles. The van der Waals surface area contributed by atoms with E-state index in [0.717, 1.165) is 11.3 Å². The van der Waals surface area contributed by atoms with Crippen molar-refractivity contribution in [2.24, 2.45) is 0 Å². The molecule has 1 atom stereocenters. The molecule has 0 aliphatic carbocycles. The maximum atomic E-state index is 5.77. The minimum atomic E-state index is 0.425. The summed E-state index contributed by atoms with van der Waals surface area (Å²) in [6.07, 6.45) is 7.32. The third kappa shape index (κ3) is 3.42. The van der Waals surface area contributed by atoms with E-state index in [1.165, 1.54) is 37.9 Å². The van der Waals surface area contributed by atoms with Crippen molar-refractivity contribution < 1.29 is 0 Å². The van der Waals surface area contributed by atoms with E-state index in [-0.39, 0.29) is 0 Å². The molecule has 0 bridgehead atoms. The Kier molecular flexibility index (Phi) is 4.51. The predicted octanol–water partition coefficient (Wildman–Crippen LogP) is 4.34. The van der Waals surface area contributed by atoms with Crippen LogP contribution < -0.4 is 0 Å². The number of rotatable bonds is 3. The lowest BCUT2D eigenvalue weighted by Gasteiger charge is -2.32. The first-order valence-electron chi connectivity index (χ1n) is 7.56. The Morgan fingerprint density at radius 2 is 1.71 bits per heavy atom. The number of aromatic nitrogens is 2. The van der Waals surface area contributed by atoms with Crippen molar-refractivity contribution in [2.75, 3.05) is 13.1 Å². The van der Waals surface area contributed by atoms with E-state index in [1.807, 2.05) is 0 Å². The van der Waals surface area contributed by atoms with Gasteiger partial charge in [0.25, 0.3) is 0 Å². The van der Waals surface area contributed by atoms with Crippen LogP contribution >= 0.6 is 11.6 Å². The molecule has 0 amide bonds. The van der Waals surface area contributed by atoms with Crippen LogP contribution in [0.5, 0.6) is 0 Å². The fourth-order valence-electron chi connectivity index (χ4n) is 2.91. The first-order valence-corrected chi connectivity index (χ1v) is 7.94. The van der Waals surface area contributed by atoms with Gasteiger partial charge in [-0.15, -0.1) is 0 Å². The Balaban J connectivity index is 1.75. The van der Waals surface area contributed by atoms with E-state index in [0.29, 0.717) is 11.2 Å². The monoisotopic (exact) mass is 301 g/mol. The molecule has 21 heavy (non-hydrogen) atoms. The summed E-state index contributed by atoms with van der Waals surface area (Å²) in [5.74, 6) is 0. The molecule has 0 N–H and O–H groups in total. The lowest BCUT2D eigenvalue weighted by Crippen LogP contribution is -2.32. The Morgan fingerprint density at radius 3 is 2.33 bits per heavy atom. The third-order valence-corrected chi connectivity index (χ3v) is 4.44. The van der Waals surface area contributed by atoms with Crippen LogP contribution in [0.25, 0.3) is 11.3 Å². The average Bonchev–Trinajstić information content (AvgIpc) is 2.56. The van der Waals surface area contributed by atoms with E-state index >= 15 is 0 Å². The predicted molar refractivity (Wildman–Crippen MR) is 86.3 cm³/mol. The Labute approximate surface area is 131 Å². The molecule has 3 nitrogen and oxygen atoms in total. The molecule has 2 heterocycles. The molecule has 0 radical (unpaired) electrons. The lowest BCUT2D eigenvalue weighted by molar-refractivity contribution is 0.175. The quantitative estimate of drug-likeness (QED) is 0.844. The van der Waals surface area contributed by atoms with Gasteiger partial charge in [0.2, 0.25) is 0 Å². The summed E-state index contributed by atoms with van der Waals surface area (Å²) in [7, 11) is 0. The van der Waals surface area contributed by atoms with Crippen LogP contribution in [0.2, 0.25) is 5.15 Å². The highest BCUT2D eigenvalue weighted by Gasteiger charge is 2.17. The number of piperidine rings is 1. The Morgan fingerprint density at radius 1 is 1.00 bits per heavy atom. The van der Waals surface area contributed by atoms with Crippen molar-refractivity contribution in [1.82, 2.24) is 14.9 Å². The van der Waals surface area contributed by atoms with Gasteiger partial charge in [-0.3, -0.25) is 9.88 Å². The van der Waals surface area contributed by atoms with Gasteiger partial charge in [0.15, 0.2) is 0 Å². The van der Waals surface area contributed by atoms with Gasteiger partial charge in [-0.05, 0) is 38.4 Å². The van der Waals surface area contributed by atoms with Crippen molar-refractivity contribution >= 4 is 11.6 Å². The van der Waals surface area contributed by atoms with Gasteiger partial charge in [0.1, 0.15) is 5.15 Å². The zero-order valence-electron chi connectivity index (χ0n) is 12.3. The molecule has 2 aromatic rings. The minimum Gasteiger partial charge on any atom is -0.297 e. The topological polar surface area (TPSA) is 29.0 Å². The molecule has 1 unspecified atom stereocenters. The standard InChI is InChI=1S/C17H20ClN3/c1-13(21-9-3-2-4-10-21)14-5-7-15(8-6-14)16-11-20-17(18)12-19-16/h5-8,11-13H,2-4,9-10H2,1H3. The van der Waals surface area contributed by atoms with Gasteiger partial charge >= 0.3 is 0 Å². The van der Waals surface area contributed by atoms with Crippen LogP contribution in [0.15, 0.2) is 36.7 Å². The third-order valence-electron chi connectivity index (χ3n) is 4.25. The maximum Gasteiger partial charge on any atom is 0.147 e. The highest BCUT2D eigenvalue weighted by molar-refractivity contribution is 6.29. The van der Waals surface area contributed by atoms with Crippen LogP contribution in [0, 0.1) is 0 Å². The average molecular weight is 302 g/mol. The van der Waals surface area contributed by atoms with Crippen molar-refractivity contribution in [2.45, 2.75) is 32.2 Å². The lowest BCUT2D eigenvalue weighted by atomic mass is 10.0. The normalized spacial score (nSPS) is 17.6. The van der Waals surface area contributed by atoms with Crippen molar-refractivity contribution in [3.63, 3.8) is 0 Å². The second-order valence-electron chi connectivity index (χ2n) is 5.62. The second-order valence-corrected chi connectivity index (χ2v) is 6.01. The molecule has 4 heteroatoms. The summed E-state index contributed by atoms with van der Waals surface area (Å²) >= 11 is 5.77.